The number of carbonyl (C=O) groups is 2. The summed E-state index contributed by atoms with van der Waals surface area (Å²) >= 11 is 0. The molecule has 172 valence electrons. The van der Waals surface area contributed by atoms with Crippen LogP contribution >= 0.6 is 0 Å². The summed E-state index contributed by atoms with van der Waals surface area (Å²) < 4.78 is 11.1. The number of methoxy groups -OCH3 is 1. The third-order valence-electron chi connectivity index (χ3n) is 5.49. The quantitative estimate of drug-likeness (QED) is 0.453. The van der Waals surface area contributed by atoms with E-state index in [9.17, 15) is 9.59 Å². The van der Waals surface area contributed by atoms with Crippen LogP contribution in [0.2, 0.25) is 0 Å². The first-order chi connectivity index (χ1) is 16.0. The highest BCUT2D eigenvalue weighted by molar-refractivity contribution is 5.95. The van der Waals surface area contributed by atoms with E-state index in [1.807, 2.05) is 0 Å². The molecule has 1 fully saturated rings. The molecule has 3 N–H and O–H groups in total. The van der Waals surface area contributed by atoms with Gasteiger partial charge in [0.25, 0.3) is 11.9 Å². The largest absolute Gasteiger partial charge is 0.497 e. The van der Waals surface area contributed by atoms with Gasteiger partial charge in [0.2, 0.25) is 0 Å². The Balaban J connectivity index is 1.43. The number of likely N-dealkylation sites (tertiary alicyclic amines) is 1. The molecule has 0 spiro atoms. The van der Waals surface area contributed by atoms with E-state index in [4.69, 9.17) is 14.3 Å². The van der Waals surface area contributed by atoms with Crippen LogP contribution in [0.1, 0.15) is 33.6 Å². The minimum absolute atomic E-state index is 0.178. The lowest BCUT2D eigenvalue weighted by molar-refractivity contribution is 0.0696. The van der Waals surface area contributed by atoms with E-state index in [0.717, 1.165) is 19.6 Å². The molecule has 0 aliphatic carbocycles. The molecule has 0 unspecified atom stereocenters. The molecule has 0 atom stereocenters. The number of benzene rings is 2. The number of carbonyl (C=O) groups excluding carboxylic acids is 1. The maximum absolute atomic E-state index is 12.7. The number of hydrogen-bond donors (Lipinski definition) is 3. The predicted molar refractivity (Wildman–Crippen MR) is 123 cm³/mol. The van der Waals surface area contributed by atoms with Crippen LogP contribution in [0.4, 0.5) is 11.7 Å². The summed E-state index contributed by atoms with van der Waals surface area (Å²) in [5, 5.41) is 15.0. The number of nitrogens with zero attached hydrogens (tertiary/aromatic N) is 2. The fourth-order valence-corrected chi connectivity index (χ4v) is 3.72. The first-order valence-corrected chi connectivity index (χ1v) is 10.8. The first kappa shape index (κ1) is 22.3. The van der Waals surface area contributed by atoms with Gasteiger partial charge in [-0.15, -0.1) is 0 Å². The molecule has 1 aromatic heterocycles. The van der Waals surface area contributed by atoms with Crippen LogP contribution in [-0.2, 0) is 0 Å². The molecule has 1 aliphatic rings. The average molecular weight is 450 g/mol. The fourth-order valence-electron chi connectivity index (χ4n) is 3.72. The Hall–Kier alpha value is -3.85. The minimum atomic E-state index is -0.990. The van der Waals surface area contributed by atoms with Gasteiger partial charge < -0.3 is 29.8 Å². The second kappa shape index (κ2) is 10.2. The van der Waals surface area contributed by atoms with Gasteiger partial charge in [-0.25, -0.2) is 9.78 Å². The Morgan fingerprint density at radius 2 is 1.88 bits per heavy atom. The third-order valence-corrected chi connectivity index (χ3v) is 5.49. The molecule has 1 amide bonds. The zero-order valence-electron chi connectivity index (χ0n) is 18.3. The van der Waals surface area contributed by atoms with Gasteiger partial charge in [0.15, 0.2) is 5.76 Å². The van der Waals surface area contributed by atoms with E-state index >= 15 is 0 Å². The molecule has 4 rings (SSSR count). The molecular formula is C24H26N4O5. The number of hydrogen-bond acceptors (Lipinski definition) is 7. The van der Waals surface area contributed by atoms with E-state index in [0.29, 0.717) is 34.9 Å². The van der Waals surface area contributed by atoms with Crippen molar-refractivity contribution in [2.45, 2.75) is 12.8 Å². The first-order valence-electron chi connectivity index (χ1n) is 10.8. The van der Waals surface area contributed by atoms with Gasteiger partial charge in [-0.1, -0.05) is 12.1 Å². The monoisotopic (exact) mass is 450 g/mol. The van der Waals surface area contributed by atoms with Crippen molar-refractivity contribution >= 4 is 23.6 Å². The molecule has 1 aliphatic heterocycles. The summed E-state index contributed by atoms with van der Waals surface area (Å²) in [6.07, 6.45) is 3.98. The van der Waals surface area contributed by atoms with E-state index in [1.165, 1.54) is 32.1 Å². The minimum Gasteiger partial charge on any atom is -0.497 e. The summed E-state index contributed by atoms with van der Waals surface area (Å²) in [6.45, 7) is 3.60. The van der Waals surface area contributed by atoms with Crippen LogP contribution in [0.15, 0.2) is 53.1 Å². The number of oxazole rings is 1. The van der Waals surface area contributed by atoms with Gasteiger partial charge in [-0.05, 0) is 50.2 Å². The van der Waals surface area contributed by atoms with Crippen LogP contribution in [-0.4, -0.2) is 60.2 Å². The van der Waals surface area contributed by atoms with Gasteiger partial charge in [0.05, 0.1) is 18.9 Å². The van der Waals surface area contributed by atoms with Crippen molar-refractivity contribution in [2.24, 2.45) is 0 Å². The zero-order chi connectivity index (χ0) is 23.2. The van der Waals surface area contributed by atoms with E-state index < -0.39 is 5.97 Å². The summed E-state index contributed by atoms with van der Waals surface area (Å²) in [7, 11) is 1.54. The molecule has 1 saturated heterocycles. The number of carboxylic acid groups (broad SMARTS) is 1. The molecule has 33 heavy (non-hydrogen) atoms. The predicted octanol–water partition coefficient (Wildman–Crippen LogP) is 3.62. The van der Waals surface area contributed by atoms with Crippen molar-refractivity contribution in [3.8, 4) is 17.1 Å². The number of amides is 1. The highest BCUT2D eigenvalue weighted by Crippen LogP contribution is 2.27. The molecular weight excluding hydrogens is 424 g/mol. The standard InChI is InChI=1S/C24H26N4O5/c1-32-20-13-18(22(29)25-8-11-28-9-2-3-10-28)12-19(14-20)27-24-26-15-21(33-24)16-4-6-17(7-5-16)23(30)31/h4-7,12-15H,2-3,8-11H2,1H3,(H,25,29)(H,26,27)(H,30,31). The van der Waals surface area contributed by atoms with Crippen LogP contribution in [0.3, 0.4) is 0 Å². The number of aromatic carboxylic acids is 1. The lowest BCUT2D eigenvalue weighted by Gasteiger charge is -2.15. The van der Waals surface area contributed by atoms with Gasteiger partial charge in [-0.3, -0.25) is 4.79 Å². The molecule has 9 heteroatoms. The van der Waals surface area contributed by atoms with Gasteiger partial charge >= 0.3 is 5.97 Å². The number of rotatable bonds is 9. The van der Waals surface area contributed by atoms with Crippen LogP contribution < -0.4 is 15.4 Å². The summed E-state index contributed by atoms with van der Waals surface area (Å²) in [6, 6.07) is 11.7. The Bertz CT molecular complexity index is 1120. The number of anilines is 2. The Kier molecular flexibility index (Phi) is 6.89. The van der Waals surface area contributed by atoms with Crippen LogP contribution in [0.25, 0.3) is 11.3 Å². The summed E-state index contributed by atoms with van der Waals surface area (Å²) in [5.74, 6) is -0.156. The van der Waals surface area contributed by atoms with Crippen LogP contribution in [0.5, 0.6) is 5.75 Å². The highest BCUT2D eigenvalue weighted by atomic mass is 16.5. The SMILES string of the molecule is COc1cc(Nc2ncc(-c3ccc(C(=O)O)cc3)o2)cc(C(=O)NCCN2CCCC2)c1. The van der Waals surface area contributed by atoms with Crippen molar-refractivity contribution < 1.29 is 23.8 Å². The molecule has 0 saturated carbocycles. The lowest BCUT2D eigenvalue weighted by Crippen LogP contribution is -2.33. The number of nitrogens with one attached hydrogen (secondary N) is 2. The topological polar surface area (TPSA) is 117 Å². The highest BCUT2D eigenvalue weighted by Gasteiger charge is 2.14. The van der Waals surface area contributed by atoms with Crippen molar-refractivity contribution in [1.82, 2.24) is 15.2 Å². The Labute approximate surface area is 191 Å². The second-order valence-corrected chi connectivity index (χ2v) is 7.79. The van der Waals surface area contributed by atoms with E-state index in [-0.39, 0.29) is 17.5 Å². The molecule has 9 nitrogen and oxygen atoms in total. The Morgan fingerprint density at radius 3 is 2.58 bits per heavy atom. The normalized spacial score (nSPS) is 13.6. The van der Waals surface area contributed by atoms with Crippen molar-refractivity contribution in [2.75, 3.05) is 38.6 Å². The number of carboxylic acids is 1. The molecule has 2 heterocycles. The lowest BCUT2D eigenvalue weighted by atomic mass is 10.1. The van der Waals surface area contributed by atoms with Crippen LogP contribution in [0, 0.1) is 0 Å². The smallest absolute Gasteiger partial charge is 0.335 e. The van der Waals surface area contributed by atoms with E-state index in [2.05, 4.69) is 20.5 Å². The Morgan fingerprint density at radius 1 is 1.12 bits per heavy atom. The molecule has 2 aromatic carbocycles. The van der Waals surface area contributed by atoms with E-state index in [1.54, 1.807) is 36.5 Å². The number of ether oxygens (including phenoxy) is 1. The zero-order valence-corrected chi connectivity index (χ0v) is 18.3. The summed E-state index contributed by atoms with van der Waals surface area (Å²) in [4.78, 5) is 30.2. The van der Waals surface area contributed by atoms with Gasteiger partial charge in [0, 0.05) is 36.0 Å². The van der Waals surface area contributed by atoms with Crippen molar-refractivity contribution in [3.63, 3.8) is 0 Å². The van der Waals surface area contributed by atoms with Gasteiger partial charge in [-0.2, -0.15) is 0 Å². The molecule has 0 radical (unpaired) electrons. The van der Waals surface area contributed by atoms with Crippen molar-refractivity contribution in [3.05, 3.63) is 59.8 Å². The second-order valence-electron chi connectivity index (χ2n) is 7.79. The third kappa shape index (κ3) is 5.69. The van der Waals surface area contributed by atoms with Gasteiger partial charge in [0.1, 0.15) is 5.75 Å². The molecule has 3 aromatic rings. The summed E-state index contributed by atoms with van der Waals surface area (Å²) in [5.41, 5.74) is 1.95. The number of aromatic nitrogens is 1. The maximum atomic E-state index is 12.7. The fraction of sp³-hybridized carbons (Fsp3) is 0.292. The maximum Gasteiger partial charge on any atom is 0.335 e. The molecule has 0 bridgehead atoms. The average Bonchev–Trinajstić information content (AvgIpc) is 3.51. The van der Waals surface area contributed by atoms with Crippen molar-refractivity contribution in [1.29, 1.82) is 0 Å².